The number of hydrogen-bond acceptors (Lipinski definition) is 4. The van der Waals surface area contributed by atoms with Gasteiger partial charge in [-0.3, -0.25) is 9.48 Å². The molecule has 0 saturated heterocycles. The van der Waals surface area contributed by atoms with Crippen molar-refractivity contribution in [2.45, 2.75) is 6.42 Å². The lowest BCUT2D eigenvalue weighted by Crippen LogP contribution is -2.08. The molecule has 0 bridgehead atoms. The molecule has 5 nitrogen and oxygen atoms in total. The monoisotopic (exact) mass is 239 g/mol. The van der Waals surface area contributed by atoms with Crippen LogP contribution in [0.5, 0.6) is 0 Å². The largest absolute Gasteiger partial charge is 0.469 e. The number of carbonyl (C=O) groups excluding carboxylic acids is 1. The molecule has 0 aromatic carbocycles. The molecule has 0 atom stereocenters. The molecule has 2 aromatic rings. The Balaban J connectivity index is 2.57. The van der Waals surface area contributed by atoms with E-state index in [0.29, 0.717) is 10.8 Å². The lowest BCUT2D eigenvalue weighted by molar-refractivity contribution is -0.139. The highest BCUT2D eigenvalue weighted by molar-refractivity contribution is 6.30. The lowest BCUT2D eigenvalue weighted by Gasteiger charge is -2.03. The Kier molecular flexibility index (Phi) is 2.78. The van der Waals surface area contributed by atoms with Gasteiger partial charge < -0.3 is 4.74 Å². The maximum Gasteiger partial charge on any atom is 0.311 e. The van der Waals surface area contributed by atoms with Crippen molar-refractivity contribution >= 4 is 28.5 Å². The molecule has 2 rings (SSSR count). The maximum atomic E-state index is 11.2. The molecular formula is C10H10ClN3O2. The molecule has 16 heavy (non-hydrogen) atoms. The summed E-state index contributed by atoms with van der Waals surface area (Å²) in [7, 11) is 3.13. The predicted octanol–water partition coefficient (Wildman–Crippen LogP) is 1.34. The number of carbonyl (C=O) groups is 1. The van der Waals surface area contributed by atoms with E-state index >= 15 is 0 Å². The number of esters is 1. The number of nitrogens with zero attached hydrogens (tertiary/aromatic N) is 3. The Morgan fingerprint density at radius 2 is 2.38 bits per heavy atom. The maximum absolute atomic E-state index is 11.2. The fourth-order valence-corrected chi connectivity index (χ4v) is 1.81. The minimum atomic E-state index is -0.350. The Morgan fingerprint density at radius 3 is 3.06 bits per heavy atom. The van der Waals surface area contributed by atoms with Gasteiger partial charge in [0.1, 0.15) is 5.15 Å². The van der Waals surface area contributed by atoms with Gasteiger partial charge in [-0.2, -0.15) is 5.10 Å². The van der Waals surface area contributed by atoms with Gasteiger partial charge in [-0.15, -0.1) is 0 Å². The molecule has 0 fully saturated rings. The van der Waals surface area contributed by atoms with Crippen molar-refractivity contribution in [3.05, 3.63) is 23.1 Å². The number of rotatable bonds is 2. The fourth-order valence-electron chi connectivity index (χ4n) is 1.59. The lowest BCUT2D eigenvalue weighted by atomic mass is 10.2. The molecular weight excluding hydrogens is 230 g/mol. The molecule has 0 aliphatic heterocycles. The zero-order chi connectivity index (χ0) is 11.7. The fraction of sp³-hybridized carbons (Fsp3) is 0.300. The van der Waals surface area contributed by atoms with Gasteiger partial charge >= 0.3 is 5.97 Å². The molecule has 84 valence electrons. The van der Waals surface area contributed by atoms with Crippen LogP contribution >= 0.6 is 11.6 Å². The van der Waals surface area contributed by atoms with Gasteiger partial charge in [-0.1, -0.05) is 11.6 Å². The molecule has 0 amide bonds. The number of methoxy groups -OCH3 is 1. The highest BCUT2D eigenvalue weighted by atomic mass is 35.5. The summed E-state index contributed by atoms with van der Waals surface area (Å²) in [6.45, 7) is 0. The van der Waals surface area contributed by atoms with Crippen LogP contribution in [0.3, 0.4) is 0 Å². The Bertz CT molecular complexity index is 550. The Hall–Kier alpha value is -1.62. The van der Waals surface area contributed by atoms with Gasteiger partial charge in [0.25, 0.3) is 0 Å². The van der Waals surface area contributed by atoms with Crippen LogP contribution in [0.4, 0.5) is 0 Å². The summed E-state index contributed by atoms with van der Waals surface area (Å²) in [4.78, 5) is 15.4. The highest BCUT2D eigenvalue weighted by Crippen LogP contribution is 2.20. The second-order valence-electron chi connectivity index (χ2n) is 3.35. The van der Waals surface area contributed by atoms with E-state index in [9.17, 15) is 4.79 Å². The summed E-state index contributed by atoms with van der Waals surface area (Å²) in [6.07, 6.45) is 1.77. The van der Waals surface area contributed by atoms with Crippen LogP contribution in [0.2, 0.25) is 5.15 Å². The summed E-state index contributed by atoms with van der Waals surface area (Å²) in [5.41, 5.74) is 1.38. The molecule has 6 heteroatoms. The number of aryl methyl sites for hydroxylation is 1. The number of aromatic nitrogens is 3. The van der Waals surface area contributed by atoms with Crippen molar-refractivity contribution < 1.29 is 9.53 Å². The van der Waals surface area contributed by atoms with Gasteiger partial charge in [0.05, 0.1) is 30.9 Å². The minimum absolute atomic E-state index is 0.0904. The first kappa shape index (κ1) is 10.9. The predicted molar refractivity (Wildman–Crippen MR) is 59.2 cm³/mol. The second kappa shape index (κ2) is 4.09. The van der Waals surface area contributed by atoms with E-state index in [-0.39, 0.29) is 12.4 Å². The Morgan fingerprint density at radius 1 is 1.62 bits per heavy atom. The van der Waals surface area contributed by atoms with E-state index in [2.05, 4.69) is 14.8 Å². The number of fused-ring (bicyclic) bond motifs is 1. The molecule has 0 aliphatic carbocycles. The first-order valence-corrected chi connectivity index (χ1v) is 5.03. The molecule has 2 aromatic heterocycles. The summed E-state index contributed by atoms with van der Waals surface area (Å²) < 4.78 is 6.27. The van der Waals surface area contributed by atoms with Crippen LogP contribution < -0.4 is 0 Å². The second-order valence-corrected chi connectivity index (χ2v) is 3.74. The Labute approximate surface area is 97.0 Å². The van der Waals surface area contributed by atoms with Gasteiger partial charge in [-0.25, -0.2) is 4.98 Å². The van der Waals surface area contributed by atoms with E-state index in [0.717, 1.165) is 10.9 Å². The summed E-state index contributed by atoms with van der Waals surface area (Å²) in [5, 5.41) is 5.31. The average molecular weight is 240 g/mol. The van der Waals surface area contributed by atoms with Crippen LogP contribution in [-0.4, -0.2) is 27.8 Å². The number of pyridine rings is 1. The quantitative estimate of drug-likeness (QED) is 0.586. The topological polar surface area (TPSA) is 57.0 Å². The SMILES string of the molecule is COC(=O)Cc1nc(Cl)cc2cnn(C)c12. The number of hydrogen-bond donors (Lipinski definition) is 0. The summed E-state index contributed by atoms with van der Waals surface area (Å²) >= 11 is 5.86. The zero-order valence-corrected chi connectivity index (χ0v) is 9.65. The van der Waals surface area contributed by atoms with Crippen molar-refractivity contribution in [3.63, 3.8) is 0 Å². The summed E-state index contributed by atoms with van der Waals surface area (Å²) in [5.74, 6) is -0.350. The van der Waals surface area contributed by atoms with E-state index in [4.69, 9.17) is 11.6 Å². The summed E-state index contributed by atoms with van der Waals surface area (Å²) in [6, 6.07) is 1.71. The van der Waals surface area contributed by atoms with Crippen molar-refractivity contribution in [1.82, 2.24) is 14.8 Å². The zero-order valence-electron chi connectivity index (χ0n) is 8.90. The van der Waals surface area contributed by atoms with E-state index in [1.807, 2.05) is 0 Å². The van der Waals surface area contributed by atoms with Crippen LogP contribution in [0, 0.1) is 0 Å². The molecule has 2 heterocycles. The molecule has 0 radical (unpaired) electrons. The van der Waals surface area contributed by atoms with Gasteiger partial charge in [0.2, 0.25) is 0 Å². The minimum Gasteiger partial charge on any atom is -0.469 e. The standard InChI is InChI=1S/C10H10ClN3O2/c1-14-10-6(5-12-14)3-8(11)13-7(10)4-9(15)16-2/h3,5H,4H2,1-2H3. The number of ether oxygens (including phenoxy) is 1. The third-order valence-corrected chi connectivity index (χ3v) is 2.49. The molecule has 0 spiro atoms. The van der Waals surface area contributed by atoms with E-state index in [1.165, 1.54) is 7.11 Å². The highest BCUT2D eigenvalue weighted by Gasteiger charge is 2.13. The first-order valence-electron chi connectivity index (χ1n) is 4.65. The van der Waals surface area contributed by atoms with Gasteiger partial charge in [0.15, 0.2) is 0 Å². The third-order valence-electron chi connectivity index (χ3n) is 2.30. The smallest absolute Gasteiger partial charge is 0.311 e. The van der Waals surface area contributed by atoms with E-state index < -0.39 is 0 Å². The molecule has 0 N–H and O–H groups in total. The van der Waals surface area contributed by atoms with Crippen molar-refractivity contribution in [1.29, 1.82) is 0 Å². The van der Waals surface area contributed by atoms with Crippen LogP contribution in [0.1, 0.15) is 5.69 Å². The van der Waals surface area contributed by atoms with E-state index in [1.54, 1.807) is 24.0 Å². The van der Waals surface area contributed by atoms with Gasteiger partial charge in [0, 0.05) is 12.4 Å². The average Bonchev–Trinajstić information content (AvgIpc) is 2.60. The van der Waals surface area contributed by atoms with Crippen LogP contribution in [0.15, 0.2) is 12.3 Å². The molecule has 0 unspecified atom stereocenters. The van der Waals surface area contributed by atoms with Crippen molar-refractivity contribution in [2.24, 2.45) is 7.05 Å². The van der Waals surface area contributed by atoms with Crippen molar-refractivity contribution in [2.75, 3.05) is 7.11 Å². The van der Waals surface area contributed by atoms with Gasteiger partial charge in [-0.05, 0) is 6.07 Å². The first-order chi connectivity index (χ1) is 7.61. The normalized spacial score (nSPS) is 10.7. The molecule has 0 saturated carbocycles. The third kappa shape index (κ3) is 1.86. The van der Waals surface area contributed by atoms with Crippen molar-refractivity contribution in [3.8, 4) is 0 Å². The van der Waals surface area contributed by atoms with Crippen LogP contribution in [0.25, 0.3) is 10.9 Å². The number of halogens is 1. The molecule has 0 aliphatic rings. The van der Waals surface area contributed by atoms with Crippen LogP contribution in [-0.2, 0) is 23.0 Å².